The number of rotatable bonds is 9. The Morgan fingerprint density at radius 1 is 0.964 bits per heavy atom. The van der Waals surface area contributed by atoms with E-state index < -0.39 is 0 Å². The first kappa shape index (κ1) is 21.3. The molecule has 6 nitrogen and oxygen atoms in total. The van der Waals surface area contributed by atoms with Crippen molar-refractivity contribution in [2.75, 3.05) is 25.1 Å². The number of hydrogen-bond acceptors (Lipinski definition) is 4. The highest BCUT2D eigenvalue weighted by atomic mass is 16.5. The van der Waals surface area contributed by atoms with E-state index in [0.717, 1.165) is 16.9 Å². The van der Waals surface area contributed by atoms with E-state index in [4.69, 9.17) is 9.47 Å². The lowest BCUT2D eigenvalue weighted by Gasteiger charge is -2.15. The monoisotopic (exact) mass is 384 g/mol. The largest absolute Gasteiger partial charge is 0.484 e. The summed E-state index contributed by atoms with van der Waals surface area (Å²) in [6.07, 6.45) is 0. The standard InChI is InChI=1S/C22H28N2O4/c1-5-23-21(25)13-27-18-9-7-17(8-10-18)24-22(26)14-28-20-12-16(4)6-11-19(20)15(2)3/h6-12,15H,5,13-14H2,1-4H3,(H,23,25)(H,24,26). The average Bonchev–Trinajstić information content (AvgIpc) is 2.66. The summed E-state index contributed by atoms with van der Waals surface area (Å²) in [5.41, 5.74) is 2.79. The highest BCUT2D eigenvalue weighted by Crippen LogP contribution is 2.27. The second kappa shape index (κ2) is 10.3. The summed E-state index contributed by atoms with van der Waals surface area (Å²) in [6.45, 7) is 8.48. The van der Waals surface area contributed by atoms with Gasteiger partial charge in [0.2, 0.25) is 0 Å². The molecule has 0 aliphatic carbocycles. The number of carbonyl (C=O) groups excluding carboxylic acids is 2. The number of carbonyl (C=O) groups is 2. The van der Waals surface area contributed by atoms with Crippen molar-refractivity contribution in [2.45, 2.75) is 33.6 Å². The molecular weight excluding hydrogens is 356 g/mol. The number of anilines is 1. The van der Waals surface area contributed by atoms with Gasteiger partial charge in [0.25, 0.3) is 11.8 Å². The van der Waals surface area contributed by atoms with Gasteiger partial charge in [0.05, 0.1) is 0 Å². The molecule has 6 heteroatoms. The van der Waals surface area contributed by atoms with Gasteiger partial charge in [-0.3, -0.25) is 9.59 Å². The molecule has 2 aromatic rings. The molecule has 0 radical (unpaired) electrons. The van der Waals surface area contributed by atoms with Crippen LogP contribution in [0, 0.1) is 6.92 Å². The van der Waals surface area contributed by atoms with Crippen LogP contribution in [-0.4, -0.2) is 31.6 Å². The molecule has 0 saturated heterocycles. The van der Waals surface area contributed by atoms with E-state index >= 15 is 0 Å². The SMILES string of the molecule is CCNC(=O)COc1ccc(NC(=O)COc2cc(C)ccc2C(C)C)cc1. The summed E-state index contributed by atoms with van der Waals surface area (Å²) in [5, 5.41) is 5.45. The predicted molar refractivity (Wildman–Crippen MR) is 110 cm³/mol. The number of nitrogens with one attached hydrogen (secondary N) is 2. The molecule has 0 unspecified atom stereocenters. The topological polar surface area (TPSA) is 76.7 Å². The third kappa shape index (κ3) is 6.61. The molecule has 0 aromatic heterocycles. The Morgan fingerprint density at radius 3 is 2.29 bits per heavy atom. The molecule has 0 aliphatic rings. The van der Waals surface area contributed by atoms with Crippen LogP contribution in [0.2, 0.25) is 0 Å². The summed E-state index contributed by atoms with van der Waals surface area (Å²) in [5.74, 6) is 1.19. The molecular formula is C22H28N2O4. The predicted octanol–water partition coefficient (Wildman–Crippen LogP) is 3.65. The number of benzene rings is 2. The normalized spacial score (nSPS) is 10.5. The third-order valence-corrected chi connectivity index (χ3v) is 4.03. The molecule has 0 bridgehead atoms. The first-order chi connectivity index (χ1) is 13.4. The van der Waals surface area contributed by atoms with Crippen LogP contribution >= 0.6 is 0 Å². The summed E-state index contributed by atoms with van der Waals surface area (Å²) in [4.78, 5) is 23.6. The Kier molecular flexibility index (Phi) is 7.87. The Labute approximate surface area is 166 Å². The molecule has 0 aliphatic heterocycles. The summed E-state index contributed by atoms with van der Waals surface area (Å²) < 4.78 is 11.1. The Balaban J connectivity index is 1.86. The lowest BCUT2D eigenvalue weighted by atomic mass is 10.0. The van der Waals surface area contributed by atoms with Crippen LogP contribution in [0.25, 0.3) is 0 Å². The van der Waals surface area contributed by atoms with E-state index in [2.05, 4.69) is 24.5 Å². The van der Waals surface area contributed by atoms with Gasteiger partial charge in [-0.15, -0.1) is 0 Å². The molecule has 2 aromatic carbocycles. The summed E-state index contributed by atoms with van der Waals surface area (Å²) >= 11 is 0. The number of aryl methyl sites for hydroxylation is 1. The zero-order valence-electron chi connectivity index (χ0n) is 16.9. The van der Waals surface area contributed by atoms with Crippen molar-refractivity contribution in [3.05, 3.63) is 53.6 Å². The van der Waals surface area contributed by atoms with Crippen LogP contribution in [0.3, 0.4) is 0 Å². The van der Waals surface area contributed by atoms with Gasteiger partial charge in [-0.1, -0.05) is 26.0 Å². The minimum Gasteiger partial charge on any atom is -0.484 e. The van der Waals surface area contributed by atoms with Crippen LogP contribution in [0.4, 0.5) is 5.69 Å². The van der Waals surface area contributed by atoms with E-state index in [9.17, 15) is 9.59 Å². The Bertz CT molecular complexity index is 801. The summed E-state index contributed by atoms with van der Waals surface area (Å²) in [6, 6.07) is 12.9. The molecule has 0 atom stereocenters. The molecule has 0 fully saturated rings. The van der Waals surface area contributed by atoms with E-state index in [-0.39, 0.29) is 25.0 Å². The lowest BCUT2D eigenvalue weighted by molar-refractivity contribution is -0.123. The van der Waals surface area contributed by atoms with Gasteiger partial charge in [0.1, 0.15) is 11.5 Å². The van der Waals surface area contributed by atoms with Gasteiger partial charge in [-0.05, 0) is 61.2 Å². The van der Waals surface area contributed by atoms with Crippen LogP contribution in [0.15, 0.2) is 42.5 Å². The van der Waals surface area contributed by atoms with Crippen molar-refractivity contribution >= 4 is 17.5 Å². The number of ether oxygens (including phenoxy) is 2. The minimum atomic E-state index is -0.243. The van der Waals surface area contributed by atoms with E-state index in [1.165, 1.54) is 0 Å². The molecule has 0 saturated carbocycles. The Hall–Kier alpha value is -3.02. The molecule has 2 rings (SSSR count). The molecule has 2 N–H and O–H groups in total. The van der Waals surface area contributed by atoms with E-state index in [1.807, 2.05) is 32.0 Å². The third-order valence-electron chi connectivity index (χ3n) is 4.03. The minimum absolute atomic E-state index is 0.0396. The first-order valence-corrected chi connectivity index (χ1v) is 9.41. The second-order valence-electron chi connectivity index (χ2n) is 6.80. The highest BCUT2D eigenvalue weighted by molar-refractivity contribution is 5.91. The van der Waals surface area contributed by atoms with Gasteiger partial charge < -0.3 is 20.1 Å². The van der Waals surface area contributed by atoms with Crippen molar-refractivity contribution in [1.82, 2.24) is 5.32 Å². The zero-order chi connectivity index (χ0) is 20.5. The van der Waals surface area contributed by atoms with Crippen LogP contribution in [0.1, 0.15) is 37.8 Å². The number of hydrogen-bond donors (Lipinski definition) is 2. The molecule has 2 amide bonds. The quantitative estimate of drug-likeness (QED) is 0.692. The van der Waals surface area contributed by atoms with Crippen molar-refractivity contribution in [2.24, 2.45) is 0 Å². The maximum Gasteiger partial charge on any atom is 0.262 e. The number of amides is 2. The van der Waals surface area contributed by atoms with Crippen molar-refractivity contribution in [3.8, 4) is 11.5 Å². The zero-order valence-corrected chi connectivity index (χ0v) is 16.9. The van der Waals surface area contributed by atoms with Crippen LogP contribution in [0.5, 0.6) is 11.5 Å². The van der Waals surface area contributed by atoms with Crippen LogP contribution < -0.4 is 20.1 Å². The fourth-order valence-electron chi connectivity index (χ4n) is 2.62. The van der Waals surface area contributed by atoms with Gasteiger partial charge in [-0.2, -0.15) is 0 Å². The highest BCUT2D eigenvalue weighted by Gasteiger charge is 2.11. The molecule has 28 heavy (non-hydrogen) atoms. The lowest BCUT2D eigenvalue weighted by Crippen LogP contribution is -2.28. The summed E-state index contributed by atoms with van der Waals surface area (Å²) in [7, 11) is 0. The van der Waals surface area contributed by atoms with Gasteiger partial charge in [0.15, 0.2) is 13.2 Å². The Morgan fingerprint density at radius 2 is 1.64 bits per heavy atom. The maximum atomic E-state index is 12.2. The maximum absolute atomic E-state index is 12.2. The van der Waals surface area contributed by atoms with Crippen LogP contribution in [-0.2, 0) is 9.59 Å². The van der Waals surface area contributed by atoms with E-state index in [0.29, 0.717) is 23.9 Å². The molecule has 0 spiro atoms. The van der Waals surface area contributed by atoms with Gasteiger partial charge >= 0.3 is 0 Å². The van der Waals surface area contributed by atoms with Crippen molar-refractivity contribution < 1.29 is 19.1 Å². The fourth-order valence-corrected chi connectivity index (χ4v) is 2.62. The van der Waals surface area contributed by atoms with Crippen molar-refractivity contribution in [1.29, 1.82) is 0 Å². The number of likely N-dealkylation sites (N-methyl/N-ethyl adjacent to an activating group) is 1. The fraction of sp³-hybridized carbons (Fsp3) is 0.364. The second-order valence-corrected chi connectivity index (χ2v) is 6.80. The van der Waals surface area contributed by atoms with Crippen molar-refractivity contribution in [3.63, 3.8) is 0 Å². The smallest absolute Gasteiger partial charge is 0.262 e. The van der Waals surface area contributed by atoms with Gasteiger partial charge in [-0.25, -0.2) is 0 Å². The molecule has 0 heterocycles. The average molecular weight is 384 g/mol. The molecule has 150 valence electrons. The van der Waals surface area contributed by atoms with Gasteiger partial charge in [0, 0.05) is 12.2 Å². The van der Waals surface area contributed by atoms with E-state index in [1.54, 1.807) is 24.3 Å². The first-order valence-electron chi connectivity index (χ1n) is 9.41.